The average molecular weight is 897 g/mol. The summed E-state index contributed by atoms with van der Waals surface area (Å²) in [7, 11) is -5.94. The largest absolute Gasteiger partial charge is 0.744 e. The molecule has 0 radical (unpaired) electrons. The second-order valence-electron chi connectivity index (χ2n) is 7.55. The molecule has 0 atom stereocenters. The number of rotatable bonds is 5. The van der Waals surface area contributed by atoms with Crippen molar-refractivity contribution in [3.63, 3.8) is 0 Å². The minimum atomic E-state index is -5.94. The molecule has 0 saturated carbocycles. The minimum Gasteiger partial charge on any atom is -0.744 e. The molecule has 202 valence electrons. The SMILES string of the molecule is O=C(Oc1ccc(C(=O)Oc2c(F)c(F)c(S(=O)(=O)[O-])c(F)c2F)c2ccccc12)c1cc(I)cc(I)c1I. The van der Waals surface area contributed by atoms with Gasteiger partial charge in [0.25, 0.3) is 0 Å². The lowest BCUT2D eigenvalue weighted by Crippen LogP contribution is -2.16. The van der Waals surface area contributed by atoms with E-state index in [4.69, 9.17) is 4.74 Å². The predicted octanol–water partition coefficient (Wildman–Crippen LogP) is 6.55. The predicted molar refractivity (Wildman–Crippen MR) is 153 cm³/mol. The van der Waals surface area contributed by atoms with Crippen molar-refractivity contribution in [3.8, 4) is 11.5 Å². The lowest BCUT2D eigenvalue weighted by molar-refractivity contribution is 0.0717. The van der Waals surface area contributed by atoms with Gasteiger partial charge in [0, 0.05) is 16.1 Å². The third-order valence-electron chi connectivity index (χ3n) is 5.15. The van der Waals surface area contributed by atoms with E-state index in [2.05, 4.69) is 27.3 Å². The van der Waals surface area contributed by atoms with E-state index in [1.807, 2.05) is 51.2 Å². The molecule has 0 aliphatic heterocycles. The van der Waals surface area contributed by atoms with Gasteiger partial charge in [-0.2, -0.15) is 8.78 Å². The zero-order chi connectivity index (χ0) is 28.8. The summed E-state index contributed by atoms with van der Waals surface area (Å²) < 4.78 is 102. The first kappa shape index (κ1) is 29.9. The third kappa shape index (κ3) is 5.86. The molecule has 4 rings (SSSR count). The molecule has 15 heteroatoms. The van der Waals surface area contributed by atoms with Crippen LogP contribution in [0.4, 0.5) is 17.6 Å². The van der Waals surface area contributed by atoms with E-state index in [-0.39, 0.29) is 27.6 Å². The Morgan fingerprint density at radius 1 is 0.744 bits per heavy atom. The molecule has 0 N–H and O–H groups in total. The summed E-state index contributed by atoms with van der Waals surface area (Å²) in [5, 5.41) is 0.293. The molecule has 0 bridgehead atoms. The maximum Gasteiger partial charge on any atom is 0.344 e. The zero-order valence-electron chi connectivity index (χ0n) is 18.5. The van der Waals surface area contributed by atoms with Gasteiger partial charge in [-0.05, 0) is 97.4 Å². The monoisotopic (exact) mass is 897 g/mol. The molecule has 0 amide bonds. The molecule has 0 aromatic heterocycles. The minimum absolute atomic E-state index is 0.0243. The number of esters is 2. The molecule has 0 unspecified atom stereocenters. The fraction of sp³-hybridized carbons (Fsp3) is 0. The van der Waals surface area contributed by atoms with Crippen molar-refractivity contribution in [2.24, 2.45) is 0 Å². The van der Waals surface area contributed by atoms with Gasteiger partial charge in [-0.1, -0.05) is 24.3 Å². The van der Waals surface area contributed by atoms with Gasteiger partial charge in [0.15, 0.2) is 11.6 Å². The first-order chi connectivity index (χ1) is 18.2. The number of hydrogen-bond acceptors (Lipinski definition) is 7. The van der Waals surface area contributed by atoms with Crippen molar-refractivity contribution < 1.29 is 49.6 Å². The number of carbonyl (C=O) groups excluding carboxylic acids is 2. The van der Waals surface area contributed by atoms with Crippen molar-refractivity contribution in [3.05, 3.63) is 93.6 Å². The highest BCUT2D eigenvalue weighted by Crippen LogP contribution is 2.35. The Bertz CT molecular complexity index is 1780. The molecule has 0 fully saturated rings. The van der Waals surface area contributed by atoms with Crippen LogP contribution >= 0.6 is 67.8 Å². The van der Waals surface area contributed by atoms with E-state index in [1.54, 1.807) is 12.1 Å². The van der Waals surface area contributed by atoms with E-state index in [0.717, 1.165) is 13.2 Å². The molecule has 4 aromatic carbocycles. The molecule has 0 aliphatic rings. The number of ether oxygens (including phenoxy) is 2. The van der Waals surface area contributed by atoms with Gasteiger partial charge in [-0.15, -0.1) is 0 Å². The second-order valence-corrected chi connectivity index (χ2v) is 12.4. The molecule has 0 spiro atoms. The summed E-state index contributed by atoms with van der Waals surface area (Å²) >= 11 is 6.12. The Labute approximate surface area is 258 Å². The normalized spacial score (nSPS) is 11.5. The number of hydrogen-bond donors (Lipinski definition) is 0. The summed E-state index contributed by atoms with van der Waals surface area (Å²) in [6, 6.07) is 11.7. The Hall–Kier alpha value is -2.10. The summed E-state index contributed by atoms with van der Waals surface area (Å²) in [5.41, 5.74) is -0.0538. The van der Waals surface area contributed by atoms with E-state index in [9.17, 15) is 40.1 Å². The van der Waals surface area contributed by atoms with Gasteiger partial charge < -0.3 is 14.0 Å². The smallest absolute Gasteiger partial charge is 0.344 e. The van der Waals surface area contributed by atoms with E-state index in [1.165, 1.54) is 24.3 Å². The highest BCUT2D eigenvalue weighted by atomic mass is 127. The van der Waals surface area contributed by atoms with Crippen LogP contribution in [0, 0.1) is 34.0 Å². The maximum atomic E-state index is 14.4. The van der Waals surface area contributed by atoms with Crippen LogP contribution in [0.1, 0.15) is 20.7 Å². The quantitative estimate of drug-likeness (QED) is 0.0559. The van der Waals surface area contributed by atoms with Crippen LogP contribution in [0.2, 0.25) is 0 Å². The standard InChI is InChI=1S/C24H9F4I3O7S/c25-16-18(27)22(39(34,35)36)19(28)17(26)21(16)38-23(32)12-5-6-15(11-4-2-1-3-10(11)12)37-24(33)13-7-9(29)8-14(30)20(13)31/h1-8H,(H,34,35,36)/p-1. The molecular formula is C24H8F4I3O7S-. The molecule has 0 aliphatic carbocycles. The van der Waals surface area contributed by atoms with E-state index >= 15 is 0 Å². The molecule has 39 heavy (non-hydrogen) atoms. The lowest BCUT2D eigenvalue weighted by Gasteiger charge is -2.15. The van der Waals surface area contributed by atoms with Gasteiger partial charge in [0.2, 0.25) is 17.4 Å². The van der Waals surface area contributed by atoms with E-state index in [0.29, 0.717) is 3.57 Å². The Morgan fingerprint density at radius 2 is 1.31 bits per heavy atom. The first-order valence-corrected chi connectivity index (χ1v) is 14.8. The fourth-order valence-electron chi connectivity index (χ4n) is 3.45. The Morgan fingerprint density at radius 3 is 1.90 bits per heavy atom. The molecule has 7 nitrogen and oxygen atoms in total. The third-order valence-corrected chi connectivity index (χ3v) is 9.67. The van der Waals surface area contributed by atoms with Crippen LogP contribution in [-0.4, -0.2) is 24.9 Å². The number of halogens is 7. The fourth-order valence-corrected chi connectivity index (χ4v) is 6.44. The zero-order valence-corrected chi connectivity index (χ0v) is 25.8. The maximum absolute atomic E-state index is 14.4. The molecular weight excluding hydrogens is 889 g/mol. The van der Waals surface area contributed by atoms with Crippen LogP contribution in [0.5, 0.6) is 11.5 Å². The van der Waals surface area contributed by atoms with Gasteiger partial charge in [0.05, 0.1) is 11.1 Å². The highest BCUT2D eigenvalue weighted by Gasteiger charge is 2.32. The lowest BCUT2D eigenvalue weighted by atomic mass is 10.0. The van der Waals surface area contributed by atoms with Crippen LogP contribution in [0.25, 0.3) is 10.8 Å². The second kappa shape index (κ2) is 11.4. The van der Waals surface area contributed by atoms with E-state index < -0.39 is 56.0 Å². The topological polar surface area (TPSA) is 110 Å². The summed E-state index contributed by atoms with van der Waals surface area (Å²) in [6.45, 7) is 0. The molecule has 0 heterocycles. The van der Waals surface area contributed by atoms with Crippen molar-refractivity contribution in [1.82, 2.24) is 0 Å². The van der Waals surface area contributed by atoms with Crippen LogP contribution in [0.15, 0.2) is 53.4 Å². The van der Waals surface area contributed by atoms with Gasteiger partial charge in [-0.25, -0.2) is 26.8 Å². The Kier molecular flexibility index (Phi) is 8.74. The average Bonchev–Trinajstić information content (AvgIpc) is 2.86. The van der Waals surface area contributed by atoms with Crippen molar-refractivity contribution in [1.29, 1.82) is 0 Å². The summed E-state index contributed by atoms with van der Waals surface area (Å²) in [6.07, 6.45) is 0. The molecule has 0 saturated heterocycles. The summed E-state index contributed by atoms with van der Waals surface area (Å²) in [5.74, 6) is -13.9. The summed E-state index contributed by atoms with van der Waals surface area (Å²) in [4.78, 5) is 23.4. The Balaban J connectivity index is 1.74. The van der Waals surface area contributed by atoms with Crippen LogP contribution in [-0.2, 0) is 10.1 Å². The van der Waals surface area contributed by atoms with Crippen molar-refractivity contribution in [2.75, 3.05) is 0 Å². The number of carbonyl (C=O) groups is 2. The number of benzene rings is 4. The number of fused-ring (bicyclic) bond motifs is 1. The first-order valence-electron chi connectivity index (χ1n) is 10.1. The van der Waals surface area contributed by atoms with Crippen LogP contribution < -0.4 is 9.47 Å². The van der Waals surface area contributed by atoms with Crippen LogP contribution in [0.3, 0.4) is 0 Å². The van der Waals surface area contributed by atoms with Crippen molar-refractivity contribution in [2.45, 2.75) is 4.90 Å². The van der Waals surface area contributed by atoms with Gasteiger partial charge in [-0.3, -0.25) is 0 Å². The van der Waals surface area contributed by atoms with Crippen molar-refractivity contribution >= 4 is 101 Å². The van der Waals surface area contributed by atoms with Gasteiger partial charge in [0.1, 0.15) is 20.8 Å². The molecule has 4 aromatic rings. The highest BCUT2D eigenvalue weighted by molar-refractivity contribution is 14.1. The van der Waals surface area contributed by atoms with Gasteiger partial charge >= 0.3 is 11.9 Å².